The number of morpholine rings is 1. The van der Waals surface area contributed by atoms with E-state index in [2.05, 4.69) is 15.2 Å². The number of aromatic nitrogens is 1. The Morgan fingerprint density at radius 2 is 2.00 bits per heavy atom. The summed E-state index contributed by atoms with van der Waals surface area (Å²) in [6, 6.07) is 3.50. The van der Waals surface area contributed by atoms with Crippen LogP contribution in [-0.4, -0.2) is 43.2 Å². The van der Waals surface area contributed by atoms with Crippen molar-refractivity contribution in [2.24, 2.45) is 11.7 Å². The second-order valence-corrected chi connectivity index (χ2v) is 5.61. The lowest BCUT2D eigenvalue weighted by Gasteiger charge is -2.27. The molecular formula is C15H26Cl2N4O2. The van der Waals surface area contributed by atoms with Gasteiger partial charge in [-0.15, -0.1) is 24.8 Å². The summed E-state index contributed by atoms with van der Waals surface area (Å²) in [4.78, 5) is 18.4. The summed E-state index contributed by atoms with van der Waals surface area (Å²) in [5.74, 6) is 0.960. The Labute approximate surface area is 150 Å². The van der Waals surface area contributed by atoms with Crippen molar-refractivity contribution in [1.82, 2.24) is 10.3 Å². The molecule has 2 rings (SSSR count). The fourth-order valence-corrected chi connectivity index (χ4v) is 2.11. The van der Waals surface area contributed by atoms with E-state index in [9.17, 15) is 4.79 Å². The number of anilines is 1. The Morgan fingerprint density at radius 3 is 2.52 bits per heavy atom. The zero-order valence-electron chi connectivity index (χ0n) is 13.5. The summed E-state index contributed by atoms with van der Waals surface area (Å²) < 4.78 is 5.32. The third kappa shape index (κ3) is 6.51. The van der Waals surface area contributed by atoms with Gasteiger partial charge in [-0.05, 0) is 17.5 Å². The number of carbonyl (C=O) groups is 1. The number of nitrogens with one attached hydrogen (secondary N) is 1. The van der Waals surface area contributed by atoms with Crippen molar-refractivity contribution in [2.75, 3.05) is 31.2 Å². The molecule has 1 aliphatic rings. The third-order valence-corrected chi connectivity index (χ3v) is 3.63. The molecule has 1 amide bonds. The van der Waals surface area contributed by atoms with Crippen LogP contribution in [0.2, 0.25) is 0 Å². The smallest absolute Gasteiger partial charge is 0.237 e. The average Bonchev–Trinajstić information content (AvgIpc) is 2.53. The second kappa shape index (κ2) is 10.6. The molecular weight excluding hydrogens is 339 g/mol. The van der Waals surface area contributed by atoms with Gasteiger partial charge in [-0.25, -0.2) is 4.98 Å². The van der Waals surface area contributed by atoms with Crippen LogP contribution in [0.25, 0.3) is 0 Å². The molecule has 1 aromatic heterocycles. The topological polar surface area (TPSA) is 80.5 Å². The van der Waals surface area contributed by atoms with Gasteiger partial charge in [-0.1, -0.05) is 19.9 Å². The standard InChI is InChI=1S/C15H24N4O2.2ClH/c1-11(2)14(16)15(20)18-10-12-3-4-13(17-9-12)19-5-7-21-8-6-19;;/h3-4,9,11,14H,5-8,10,16H2,1-2H3,(H,18,20);2*1H/t14-;;/m0../s1. The first kappa shape index (κ1) is 21.9. The highest BCUT2D eigenvalue weighted by Crippen LogP contribution is 2.13. The van der Waals surface area contributed by atoms with Gasteiger partial charge in [0.15, 0.2) is 0 Å². The van der Waals surface area contributed by atoms with Crippen molar-refractivity contribution < 1.29 is 9.53 Å². The molecule has 1 fully saturated rings. The van der Waals surface area contributed by atoms with E-state index in [1.807, 2.05) is 26.0 Å². The highest BCUT2D eigenvalue weighted by Gasteiger charge is 2.16. The quantitative estimate of drug-likeness (QED) is 0.824. The molecule has 0 unspecified atom stereocenters. The van der Waals surface area contributed by atoms with E-state index in [0.29, 0.717) is 6.54 Å². The van der Waals surface area contributed by atoms with Gasteiger partial charge in [0.1, 0.15) is 5.82 Å². The van der Waals surface area contributed by atoms with Crippen LogP contribution in [-0.2, 0) is 16.1 Å². The van der Waals surface area contributed by atoms with E-state index in [-0.39, 0.29) is 36.6 Å². The number of halogens is 2. The Bertz CT molecular complexity index is 465. The summed E-state index contributed by atoms with van der Waals surface area (Å²) in [5.41, 5.74) is 6.77. The monoisotopic (exact) mass is 364 g/mol. The van der Waals surface area contributed by atoms with Crippen molar-refractivity contribution in [1.29, 1.82) is 0 Å². The molecule has 1 aromatic rings. The highest BCUT2D eigenvalue weighted by molar-refractivity contribution is 5.85. The van der Waals surface area contributed by atoms with Crippen molar-refractivity contribution in [3.8, 4) is 0 Å². The van der Waals surface area contributed by atoms with Crippen LogP contribution in [0.1, 0.15) is 19.4 Å². The largest absolute Gasteiger partial charge is 0.378 e. The molecule has 1 aliphatic heterocycles. The fourth-order valence-electron chi connectivity index (χ4n) is 2.11. The lowest BCUT2D eigenvalue weighted by Crippen LogP contribution is -2.43. The molecule has 1 saturated heterocycles. The van der Waals surface area contributed by atoms with Crippen LogP contribution < -0.4 is 16.0 Å². The number of rotatable bonds is 5. The summed E-state index contributed by atoms with van der Waals surface area (Å²) >= 11 is 0. The molecule has 132 valence electrons. The number of pyridine rings is 1. The van der Waals surface area contributed by atoms with E-state index in [4.69, 9.17) is 10.5 Å². The molecule has 0 aliphatic carbocycles. The normalized spacial score (nSPS) is 15.4. The minimum Gasteiger partial charge on any atom is -0.378 e. The Hall–Kier alpha value is -1.08. The average molecular weight is 365 g/mol. The molecule has 8 heteroatoms. The maximum absolute atomic E-state index is 11.8. The fraction of sp³-hybridized carbons (Fsp3) is 0.600. The molecule has 6 nitrogen and oxygen atoms in total. The van der Waals surface area contributed by atoms with Gasteiger partial charge in [0.25, 0.3) is 0 Å². The van der Waals surface area contributed by atoms with E-state index in [0.717, 1.165) is 37.7 Å². The van der Waals surface area contributed by atoms with Crippen LogP contribution in [0.15, 0.2) is 18.3 Å². The minimum atomic E-state index is -0.467. The van der Waals surface area contributed by atoms with Crippen LogP contribution in [0.3, 0.4) is 0 Å². The molecule has 0 aromatic carbocycles. The van der Waals surface area contributed by atoms with E-state index in [1.165, 1.54) is 0 Å². The summed E-state index contributed by atoms with van der Waals surface area (Å²) in [6.45, 7) is 7.54. The number of ether oxygens (including phenoxy) is 1. The summed E-state index contributed by atoms with van der Waals surface area (Å²) in [6.07, 6.45) is 1.80. The van der Waals surface area contributed by atoms with E-state index < -0.39 is 6.04 Å². The summed E-state index contributed by atoms with van der Waals surface area (Å²) in [5, 5.41) is 2.84. The maximum atomic E-state index is 11.8. The Kier molecular flexibility index (Phi) is 10.1. The van der Waals surface area contributed by atoms with Crippen molar-refractivity contribution in [3.63, 3.8) is 0 Å². The predicted molar refractivity (Wildman–Crippen MR) is 96.4 cm³/mol. The van der Waals surface area contributed by atoms with Crippen molar-refractivity contribution >= 4 is 36.5 Å². The SMILES string of the molecule is CC(C)[C@H](N)C(=O)NCc1ccc(N2CCOCC2)nc1.Cl.Cl. The predicted octanol–water partition coefficient (Wildman–Crippen LogP) is 1.36. The van der Waals surface area contributed by atoms with Gasteiger partial charge in [0.05, 0.1) is 19.3 Å². The third-order valence-electron chi connectivity index (χ3n) is 3.63. The van der Waals surface area contributed by atoms with Gasteiger partial charge >= 0.3 is 0 Å². The Morgan fingerprint density at radius 1 is 1.35 bits per heavy atom. The van der Waals surface area contributed by atoms with Gasteiger partial charge in [-0.3, -0.25) is 4.79 Å². The molecule has 0 bridgehead atoms. The number of amides is 1. The highest BCUT2D eigenvalue weighted by atomic mass is 35.5. The van der Waals surface area contributed by atoms with Gasteiger partial charge in [0.2, 0.25) is 5.91 Å². The number of hydrogen-bond acceptors (Lipinski definition) is 5. The Balaban J connectivity index is 0.00000242. The first-order valence-corrected chi connectivity index (χ1v) is 7.39. The second-order valence-electron chi connectivity index (χ2n) is 5.61. The van der Waals surface area contributed by atoms with Crippen LogP contribution in [0.4, 0.5) is 5.82 Å². The van der Waals surface area contributed by atoms with Crippen LogP contribution in [0, 0.1) is 5.92 Å². The molecule has 23 heavy (non-hydrogen) atoms. The first-order chi connectivity index (χ1) is 10.1. The van der Waals surface area contributed by atoms with Crippen molar-refractivity contribution in [2.45, 2.75) is 26.4 Å². The maximum Gasteiger partial charge on any atom is 0.237 e. The number of hydrogen-bond donors (Lipinski definition) is 2. The molecule has 0 saturated carbocycles. The molecule has 0 spiro atoms. The summed E-state index contributed by atoms with van der Waals surface area (Å²) in [7, 11) is 0. The lowest BCUT2D eigenvalue weighted by molar-refractivity contribution is -0.123. The molecule has 1 atom stereocenters. The van der Waals surface area contributed by atoms with Crippen LogP contribution >= 0.6 is 24.8 Å². The minimum absolute atomic E-state index is 0. The molecule has 2 heterocycles. The van der Waals surface area contributed by atoms with Crippen LogP contribution in [0.5, 0.6) is 0 Å². The van der Waals surface area contributed by atoms with E-state index in [1.54, 1.807) is 6.20 Å². The zero-order valence-corrected chi connectivity index (χ0v) is 15.2. The zero-order chi connectivity index (χ0) is 15.2. The van der Waals surface area contributed by atoms with Gasteiger partial charge in [0, 0.05) is 25.8 Å². The van der Waals surface area contributed by atoms with Crippen molar-refractivity contribution in [3.05, 3.63) is 23.9 Å². The lowest BCUT2D eigenvalue weighted by atomic mass is 10.1. The molecule has 3 N–H and O–H groups in total. The molecule has 0 radical (unpaired) electrons. The first-order valence-electron chi connectivity index (χ1n) is 7.39. The van der Waals surface area contributed by atoms with E-state index >= 15 is 0 Å². The number of carbonyl (C=O) groups excluding carboxylic acids is 1. The van der Waals surface area contributed by atoms with Gasteiger partial charge in [-0.2, -0.15) is 0 Å². The number of nitrogens with two attached hydrogens (primary N) is 1. The number of nitrogens with zero attached hydrogens (tertiary/aromatic N) is 2. The van der Waals surface area contributed by atoms with Gasteiger partial charge < -0.3 is 20.7 Å².